The van der Waals surface area contributed by atoms with E-state index in [1.54, 1.807) is 0 Å². The van der Waals surface area contributed by atoms with Crippen molar-refractivity contribution in [1.29, 1.82) is 0 Å². The SMILES string of the molecule is Cc1c(C)c(C)c2c(=O)onc(C)c2c1C.Cc1c(C)c(C)c2c(c1C)C(=O)CC2(C)C. The number of carbonyl (C=O) groups is 1. The van der Waals surface area contributed by atoms with Crippen LogP contribution in [0.1, 0.15) is 86.4 Å². The lowest BCUT2D eigenvalue weighted by molar-refractivity contribution is 0.0979. The van der Waals surface area contributed by atoms with Crippen molar-refractivity contribution in [3.63, 3.8) is 0 Å². The summed E-state index contributed by atoms with van der Waals surface area (Å²) in [5.41, 5.74) is 12.4. The van der Waals surface area contributed by atoms with Crippen molar-refractivity contribution in [2.24, 2.45) is 0 Å². The maximum absolute atomic E-state index is 12.1. The Morgan fingerprint density at radius 3 is 1.69 bits per heavy atom. The number of rotatable bonds is 0. The van der Waals surface area contributed by atoms with Gasteiger partial charge in [-0.15, -0.1) is 0 Å². The van der Waals surface area contributed by atoms with Crippen molar-refractivity contribution < 1.29 is 9.32 Å². The molecule has 32 heavy (non-hydrogen) atoms. The molecular formula is C28H35NO3. The summed E-state index contributed by atoms with van der Waals surface area (Å²) in [6, 6.07) is 0. The molecule has 0 atom stereocenters. The Hall–Kier alpha value is -2.75. The van der Waals surface area contributed by atoms with Crippen molar-refractivity contribution in [2.75, 3.05) is 0 Å². The van der Waals surface area contributed by atoms with Crippen molar-refractivity contribution in [1.82, 2.24) is 5.16 Å². The second-order valence-electron chi connectivity index (χ2n) is 10.0. The van der Waals surface area contributed by atoms with Crippen LogP contribution in [0.2, 0.25) is 0 Å². The summed E-state index contributed by atoms with van der Waals surface area (Å²) in [6.07, 6.45) is 0.660. The van der Waals surface area contributed by atoms with Gasteiger partial charge in [0.15, 0.2) is 5.78 Å². The molecule has 0 aliphatic heterocycles. The largest absolute Gasteiger partial charge is 0.366 e. The Bertz CT molecular complexity index is 1340. The fourth-order valence-corrected chi connectivity index (χ4v) is 5.31. The molecule has 4 nitrogen and oxygen atoms in total. The molecule has 1 aliphatic rings. The summed E-state index contributed by atoms with van der Waals surface area (Å²) >= 11 is 0. The Balaban J connectivity index is 0.000000181. The minimum atomic E-state index is -0.343. The van der Waals surface area contributed by atoms with E-state index in [0.717, 1.165) is 33.3 Å². The second-order valence-corrected chi connectivity index (χ2v) is 10.0. The van der Waals surface area contributed by atoms with E-state index in [-0.39, 0.29) is 11.0 Å². The third kappa shape index (κ3) is 3.50. The average molecular weight is 434 g/mol. The number of aromatic nitrogens is 1. The van der Waals surface area contributed by atoms with Gasteiger partial charge in [0.2, 0.25) is 0 Å². The number of hydrogen-bond acceptors (Lipinski definition) is 4. The highest BCUT2D eigenvalue weighted by molar-refractivity contribution is 6.04. The zero-order valence-electron chi connectivity index (χ0n) is 21.4. The van der Waals surface area contributed by atoms with E-state index >= 15 is 0 Å². The highest BCUT2D eigenvalue weighted by Gasteiger charge is 2.39. The molecule has 1 aromatic heterocycles. The lowest BCUT2D eigenvalue weighted by atomic mass is 9.80. The molecule has 0 saturated heterocycles. The third-order valence-corrected chi connectivity index (χ3v) is 7.76. The molecule has 4 heteroatoms. The van der Waals surface area contributed by atoms with Gasteiger partial charge in [-0.1, -0.05) is 19.0 Å². The van der Waals surface area contributed by atoms with E-state index in [1.807, 2.05) is 27.7 Å². The predicted octanol–water partition coefficient (Wildman–Crippen LogP) is 6.51. The molecule has 4 rings (SSSR count). The van der Waals surface area contributed by atoms with E-state index in [1.165, 1.54) is 33.4 Å². The molecule has 0 radical (unpaired) electrons. The lowest BCUT2D eigenvalue weighted by Gasteiger charge is -2.23. The number of aryl methyl sites for hydroxylation is 3. The van der Waals surface area contributed by atoms with Gasteiger partial charge >= 0.3 is 5.63 Å². The number of nitrogens with zero attached hydrogens (tertiary/aromatic N) is 1. The summed E-state index contributed by atoms with van der Waals surface area (Å²) in [4.78, 5) is 23.9. The smallest absolute Gasteiger partial charge is 0.312 e. The maximum atomic E-state index is 12.1. The second kappa shape index (κ2) is 7.99. The first-order valence-corrected chi connectivity index (χ1v) is 11.2. The average Bonchev–Trinajstić information content (AvgIpc) is 2.97. The first-order chi connectivity index (χ1) is 14.7. The highest BCUT2D eigenvalue weighted by atomic mass is 16.5. The Labute approximate surface area is 191 Å². The molecular weight excluding hydrogens is 398 g/mol. The monoisotopic (exact) mass is 433 g/mol. The summed E-state index contributed by atoms with van der Waals surface area (Å²) in [5.74, 6) is 0.323. The van der Waals surface area contributed by atoms with Crippen LogP contribution in [0.4, 0.5) is 0 Å². The van der Waals surface area contributed by atoms with Gasteiger partial charge in [-0.05, 0) is 118 Å². The minimum absolute atomic E-state index is 0.0136. The number of hydrogen-bond donors (Lipinski definition) is 0. The Morgan fingerprint density at radius 1 is 0.656 bits per heavy atom. The predicted molar refractivity (Wildman–Crippen MR) is 131 cm³/mol. The van der Waals surface area contributed by atoms with Gasteiger partial charge in [-0.2, -0.15) is 0 Å². The normalized spacial score (nSPS) is 14.4. The van der Waals surface area contributed by atoms with Gasteiger partial charge in [0, 0.05) is 17.4 Å². The Kier molecular flexibility index (Phi) is 5.97. The van der Waals surface area contributed by atoms with Crippen LogP contribution in [0.25, 0.3) is 10.8 Å². The number of Topliss-reactive ketones (excluding diaryl/α,β-unsaturated/α-hetero) is 1. The van der Waals surface area contributed by atoms with Crippen LogP contribution in [-0.2, 0) is 5.41 Å². The molecule has 170 valence electrons. The molecule has 0 saturated carbocycles. The molecule has 0 unspecified atom stereocenters. The quantitative estimate of drug-likeness (QED) is 0.405. The van der Waals surface area contributed by atoms with E-state index < -0.39 is 0 Å². The van der Waals surface area contributed by atoms with Crippen LogP contribution in [-0.4, -0.2) is 10.9 Å². The molecule has 1 heterocycles. The van der Waals surface area contributed by atoms with Gasteiger partial charge in [0.1, 0.15) is 0 Å². The van der Waals surface area contributed by atoms with E-state index in [0.29, 0.717) is 17.6 Å². The van der Waals surface area contributed by atoms with E-state index in [9.17, 15) is 9.59 Å². The van der Waals surface area contributed by atoms with Crippen LogP contribution in [0.15, 0.2) is 9.32 Å². The van der Waals surface area contributed by atoms with Crippen molar-refractivity contribution in [3.05, 3.63) is 71.7 Å². The minimum Gasteiger partial charge on any atom is -0.312 e. The molecule has 3 aromatic rings. The van der Waals surface area contributed by atoms with Crippen LogP contribution in [0.3, 0.4) is 0 Å². The fourth-order valence-electron chi connectivity index (χ4n) is 5.31. The molecule has 0 bridgehead atoms. The summed E-state index contributed by atoms with van der Waals surface area (Å²) in [5, 5.41) is 5.41. The zero-order valence-corrected chi connectivity index (χ0v) is 21.4. The summed E-state index contributed by atoms with van der Waals surface area (Å²) in [7, 11) is 0. The number of carbonyl (C=O) groups excluding carboxylic acids is 1. The molecule has 0 amide bonds. The van der Waals surface area contributed by atoms with Crippen molar-refractivity contribution in [3.8, 4) is 0 Å². The van der Waals surface area contributed by atoms with Crippen LogP contribution in [0.5, 0.6) is 0 Å². The van der Waals surface area contributed by atoms with Crippen molar-refractivity contribution >= 4 is 16.6 Å². The molecule has 0 spiro atoms. The van der Waals surface area contributed by atoms with Gasteiger partial charge in [0.25, 0.3) is 0 Å². The first-order valence-electron chi connectivity index (χ1n) is 11.2. The van der Waals surface area contributed by atoms with Crippen LogP contribution < -0.4 is 5.63 Å². The van der Waals surface area contributed by atoms with Crippen LogP contribution in [0, 0.1) is 62.3 Å². The molecule has 1 aliphatic carbocycles. The first kappa shape index (κ1) is 23.9. The van der Waals surface area contributed by atoms with Gasteiger partial charge in [0.05, 0.1) is 11.1 Å². The molecule has 0 fully saturated rings. The van der Waals surface area contributed by atoms with Gasteiger partial charge in [-0.3, -0.25) is 4.79 Å². The number of ketones is 1. The number of benzene rings is 2. The van der Waals surface area contributed by atoms with Crippen LogP contribution >= 0.6 is 0 Å². The topological polar surface area (TPSA) is 60.2 Å². The van der Waals surface area contributed by atoms with E-state index in [2.05, 4.69) is 53.6 Å². The maximum Gasteiger partial charge on any atom is 0.366 e. The highest BCUT2D eigenvalue weighted by Crippen LogP contribution is 2.43. The van der Waals surface area contributed by atoms with Gasteiger partial charge in [-0.25, -0.2) is 4.79 Å². The standard InChI is InChI=1S/C15H20O.C13H15NO2/c1-8-9(2)11(4)14-13(10(8)3)12(16)7-15(14,5)6;1-6-7(2)9(4)12-11(8(6)3)10(5)14-16-13(12)15/h7H2,1-6H3;1-5H3. The molecule has 0 N–H and O–H groups in total. The van der Waals surface area contributed by atoms with Gasteiger partial charge < -0.3 is 4.52 Å². The lowest BCUT2D eigenvalue weighted by Crippen LogP contribution is -2.15. The third-order valence-electron chi connectivity index (χ3n) is 7.76. The summed E-state index contributed by atoms with van der Waals surface area (Å²) in [6.45, 7) is 22.8. The number of fused-ring (bicyclic) bond motifs is 2. The Morgan fingerprint density at radius 2 is 1.12 bits per heavy atom. The van der Waals surface area contributed by atoms with Crippen molar-refractivity contribution in [2.45, 2.75) is 88.0 Å². The van der Waals surface area contributed by atoms with E-state index in [4.69, 9.17) is 4.52 Å². The molecule has 2 aromatic carbocycles. The summed E-state index contributed by atoms with van der Waals surface area (Å²) < 4.78 is 4.80. The zero-order chi connectivity index (χ0) is 24.3. The fraction of sp³-hybridized carbons (Fsp3) is 0.464.